The van der Waals surface area contributed by atoms with E-state index in [4.69, 9.17) is 4.74 Å². The highest BCUT2D eigenvalue weighted by atomic mass is 19.4. The van der Waals surface area contributed by atoms with E-state index in [-0.39, 0.29) is 24.5 Å². The molecule has 0 unspecified atom stereocenters. The Balaban J connectivity index is 1.44. The number of rotatable bonds is 4. The van der Waals surface area contributed by atoms with Crippen molar-refractivity contribution in [3.05, 3.63) is 23.7 Å². The van der Waals surface area contributed by atoms with Crippen molar-refractivity contribution in [2.45, 2.75) is 51.2 Å². The third-order valence-electron chi connectivity index (χ3n) is 5.41. The van der Waals surface area contributed by atoms with Crippen LogP contribution in [-0.4, -0.2) is 57.5 Å². The molecule has 162 valence electrons. The molecule has 4 heterocycles. The zero-order valence-corrected chi connectivity index (χ0v) is 16.7. The number of alkyl halides is 3. The summed E-state index contributed by atoms with van der Waals surface area (Å²) >= 11 is 0. The lowest BCUT2D eigenvalue weighted by Gasteiger charge is -2.32. The minimum Gasteiger partial charge on any atom is -0.374 e. The molecule has 0 bridgehead atoms. The summed E-state index contributed by atoms with van der Waals surface area (Å²) in [6.45, 7) is 3.88. The minimum atomic E-state index is -4.46. The van der Waals surface area contributed by atoms with Crippen molar-refractivity contribution >= 4 is 23.4 Å². The highest BCUT2D eigenvalue weighted by Crippen LogP contribution is 2.33. The van der Waals surface area contributed by atoms with Crippen LogP contribution in [0.3, 0.4) is 0 Å². The summed E-state index contributed by atoms with van der Waals surface area (Å²) in [4.78, 5) is 22.7. The summed E-state index contributed by atoms with van der Waals surface area (Å²) in [5.41, 5.74) is 0.400. The van der Waals surface area contributed by atoms with Crippen LogP contribution in [0.1, 0.15) is 24.7 Å². The quantitative estimate of drug-likeness (QED) is 0.774. The summed E-state index contributed by atoms with van der Waals surface area (Å²) in [6.07, 6.45) is -3.25. The van der Waals surface area contributed by atoms with E-state index in [0.29, 0.717) is 36.2 Å². The van der Waals surface area contributed by atoms with E-state index in [1.165, 1.54) is 0 Å². The van der Waals surface area contributed by atoms with Gasteiger partial charge in [0.25, 0.3) is 0 Å². The molecule has 30 heavy (non-hydrogen) atoms. The lowest BCUT2D eigenvalue weighted by Crippen LogP contribution is -2.45. The first-order valence-corrected chi connectivity index (χ1v) is 9.53. The summed E-state index contributed by atoms with van der Waals surface area (Å²) < 4.78 is 45.6. The van der Waals surface area contributed by atoms with Crippen LogP contribution in [0.25, 0.3) is 0 Å². The van der Waals surface area contributed by atoms with Gasteiger partial charge in [0.1, 0.15) is 17.4 Å². The Morgan fingerprint density at radius 1 is 1.37 bits per heavy atom. The van der Waals surface area contributed by atoms with Crippen molar-refractivity contribution < 1.29 is 22.7 Å². The molecule has 0 aliphatic carbocycles. The molecule has 1 fully saturated rings. The molecular weight excluding hydrogens is 403 g/mol. The Morgan fingerprint density at radius 3 is 2.87 bits per heavy atom. The van der Waals surface area contributed by atoms with Gasteiger partial charge in [-0.2, -0.15) is 23.3 Å². The molecule has 2 aromatic heterocycles. The van der Waals surface area contributed by atoms with Crippen molar-refractivity contribution in [2.24, 2.45) is 0 Å². The van der Waals surface area contributed by atoms with Crippen LogP contribution in [0.2, 0.25) is 0 Å². The number of anilines is 3. The average molecular weight is 425 g/mol. The number of nitrogens with zero attached hydrogens (tertiary/aromatic N) is 5. The van der Waals surface area contributed by atoms with Gasteiger partial charge < -0.3 is 20.3 Å². The van der Waals surface area contributed by atoms with Gasteiger partial charge in [0.05, 0.1) is 31.0 Å². The van der Waals surface area contributed by atoms with E-state index < -0.39 is 18.0 Å². The summed E-state index contributed by atoms with van der Waals surface area (Å²) in [6, 6.07) is 0.430. The molecule has 1 saturated heterocycles. The fourth-order valence-electron chi connectivity index (χ4n) is 3.64. The SMILES string of the molecule is Cc1nc(N[C@H]2CO[C@H](Cn3nccc3C(F)(F)F)C2)nc2c1NC(=O)[C@H](C)N2C. The smallest absolute Gasteiger partial charge is 0.374 e. The number of likely N-dealkylation sites (N-methyl/N-ethyl adjacent to an activating group) is 1. The van der Waals surface area contributed by atoms with E-state index in [0.717, 1.165) is 16.9 Å². The fraction of sp³-hybridized carbons (Fsp3) is 0.556. The van der Waals surface area contributed by atoms with Gasteiger partial charge in [-0.25, -0.2) is 4.98 Å². The van der Waals surface area contributed by atoms with Crippen LogP contribution in [0.4, 0.5) is 30.6 Å². The molecule has 0 spiro atoms. The first-order chi connectivity index (χ1) is 14.1. The second-order valence-electron chi connectivity index (χ2n) is 7.54. The van der Waals surface area contributed by atoms with Gasteiger partial charge >= 0.3 is 6.18 Å². The molecule has 0 aromatic carbocycles. The number of halogens is 3. The van der Waals surface area contributed by atoms with E-state index >= 15 is 0 Å². The predicted octanol–water partition coefficient (Wildman–Crippen LogP) is 2.05. The highest BCUT2D eigenvalue weighted by Gasteiger charge is 2.36. The number of nitrogens with one attached hydrogen (secondary N) is 2. The number of aryl methyl sites for hydroxylation is 1. The van der Waals surface area contributed by atoms with Gasteiger partial charge in [-0.3, -0.25) is 9.48 Å². The van der Waals surface area contributed by atoms with Crippen LogP contribution >= 0.6 is 0 Å². The lowest BCUT2D eigenvalue weighted by atomic mass is 10.1. The number of hydrogen-bond acceptors (Lipinski definition) is 7. The molecule has 2 aromatic rings. The average Bonchev–Trinajstić information content (AvgIpc) is 3.31. The Labute approximate surface area is 170 Å². The summed E-state index contributed by atoms with van der Waals surface area (Å²) in [5, 5.41) is 9.78. The van der Waals surface area contributed by atoms with Gasteiger partial charge in [-0.15, -0.1) is 0 Å². The molecule has 0 saturated carbocycles. The van der Waals surface area contributed by atoms with Crippen molar-refractivity contribution in [1.82, 2.24) is 19.7 Å². The van der Waals surface area contributed by atoms with Gasteiger partial charge in [0.2, 0.25) is 11.9 Å². The maximum atomic E-state index is 13.0. The number of ether oxygens (including phenoxy) is 1. The zero-order valence-electron chi connectivity index (χ0n) is 16.7. The standard InChI is InChI=1S/C18H22F3N7O2/c1-9-14-15(27(3)10(2)16(29)25-14)26-17(23-9)24-11-6-12(30-8-11)7-28-13(4-5-22-28)18(19,20)21/h4-5,10-12H,6-8H2,1-3H3,(H,25,29)(H,23,24,26)/t10-,11+,12-/m0/s1. The molecular formula is C18H22F3N7O2. The summed E-state index contributed by atoms with van der Waals surface area (Å²) in [7, 11) is 1.79. The number of aromatic nitrogens is 4. The Hall–Kier alpha value is -2.89. The van der Waals surface area contributed by atoms with Crippen molar-refractivity contribution in [3.8, 4) is 0 Å². The molecule has 4 rings (SSSR count). The molecule has 12 heteroatoms. The van der Waals surface area contributed by atoms with E-state index in [1.807, 2.05) is 0 Å². The topological polar surface area (TPSA) is 97.2 Å². The van der Waals surface area contributed by atoms with Gasteiger partial charge in [0.15, 0.2) is 5.82 Å². The van der Waals surface area contributed by atoms with Crippen molar-refractivity contribution in [1.29, 1.82) is 0 Å². The second kappa shape index (κ2) is 7.42. The highest BCUT2D eigenvalue weighted by molar-refractivity contribution is 6.03. The number of fused-ring (bicyclic) bond motifs is 1. The van der Waals surface area contributed by atoms with Crippen LogP contribution in [0.15, 0.2) is 12.3 Å². The maximum Gasteiger partial charge on any atom is 0.433 e. The minimum absolute atomic E-state index is 0.0103. The third-order valence-corrected chi connectivity index (χ3v) is 5.41. The molecule has 3 atom stereocenters. The molecule has 0 radical (unpaired) electrons. The Kier molecular flexibility index (Phi) is 5.04. The monoisotopic (exact) mass is 425 g/mol. The van der Waals surface area contributed by atoms with Crippen LogP contribution < -0.4 is 15.5 Å². The Morgan fingerprint density at radius 2 is 2.13 bits per heavy atom. The fourth-order valence-corrected chi connectivity index (χ4v) is 3.64. The van der Waals surface area contributed by atoms with Crippen molar-refractivity contribution in [3.63, 3.8) is 0 Å². The first-order valence-electron chi connectivity index (χ1n) is 9.53. The van der Waals surface area contributed by atoms with Gasteiger partial charge in [-0.05, 0) is 26.3 Å². The molecule has 2 aliphatic heterocycles. The molecule has 1 amide bonds. The Bertz CT molecular complexity index is 962. The molecule has 2 N–H and O–H groups in total. The number of carbonyl (C=O) groups excluding carboxylic acids is 1. The molecule has 2 aliphatic rings. The van der Waals surface area contributed by atoms with E-state index in [1.54, 1.807) is 25.8 Å². The third kappa shape index (κ3) is 3.78. The maximum absolute atomic E-state index is 13.0. The zero-order chi connectivity index (χ0) is 21.6. The van der Waals surface area contributed by atoms with Crippen LogP contribution in [0.5, 0.6) is 0 Å². The predicted molar refractivity (Wildman–Crippen MR) is 102 cm³/mol. The second-order valence-corrected chi connectivity index (χ2v) is 7.54. The number of hydrogen-bond donors (Lipinski definition) is 2. The molecule has 9 nitrogen and oxygen atoms in total. The van der Waals surface area contributed by atoms with Crippen LogP contribution in [-0.2, 0) is 22.3 Å². The van der Waals surface area contributed by atoms with Gasteiger partial charge in [-0.1, -0.05) is 0 Å². The largest absolute Gasteiger partial charge is 0.433 e. The number of amides is 1. The van der Waals surface area contributed by atoms with E-state index in [2.05, 4.69) is 25.7 Å². The lowest BCUT2D eigenvalue weighted by molar-refractivity contribution is -0.144. The van der Waals surface area contributed by atoms with Crippen LogP contribution in [0, 0.1) is 6.92 Å². The van der Waals surface area contributed by atoms with Gasteiger partial charge in [0, 0.05) is 13.2 Å². The first kappa shape index (κ1) is 20.4. The normalized spacial score (nSPS) is 24.0. The summed E-state index contributed by atoms with van der Waals surface area (Å²) in [5.74, 6) is 0.867. The number of carbonyl (C=O) groups is 1. The van der Waals surface area contributed by atoms with Crippen molar-refractivity contribution in [2.75, 3.05) is 29.2 Å². The van der Waals surface area contributed by atoms with E-state index in [9.17, 15) is 18.0 Å².